The molecule has 4 heterocycles. The highest BCUT2D eigenvalue weighted by Crippen LogP contribution is 2.37. The van der Waals surface area contributed by atoms with Crippen LogP contribution in [0.15, 0.2) is 29.4 Å². The van der Waals surface area contributed by atoms with Crippen LogP contribution in [0, 0.1) is 0 Å². The van der Waals surface area contributed by atoms with Crippen molar-refractivity contribution in [2.24, 2.45) is 0 Å². The van der Waals surface area contributed by atoms with E-state index < -0.39 is 27.0 Å². The van der Waals surface area contributed by atoms with Gasteiger partial charge in [-0.3, -0.25) is 4.40 Å². The Labute approximate surface area is 187 Å². The molecule has 1 aliphatic carbocycles. The van der Waals surface area contributed by atoms with Crippen molar-refractivity contribution in [2.45, 2.75) is 56.0 Å². The van der Waals surface area contributed by atoms with Gasteiger partial charge >= 0.3 is 0 Å². The fraction of sp³-hybridized carbons (Fsp3) is 0.450. The third-order valence-corrected chi connectivity index (χ3v) is 8.33. The first kappa shape index (κ1) is 21.6. The zero-order valence-corrected chi connectivity index (χ0v) is 19.1. The molecule has 0 bridgehead atoms. The maximum Gasteiger partial charge on any atom is 0.291 e. The predicted octanol–water partition coefficient (Wildman–Crippen LogP) is 3.39. The van der Waals surface area contributed by atoms with Crippen LogP contribution in [0.1, 0.15) is 50.1 Å². The summed E-state index contributed by atoms with van der Waals surface area (Å²) in [4.78, 5) is 4.59. The molecule has 5 rings (SSSR count). The highest BCUT2D eigenvalue weighted by molar-refractivity contribution is 7.89. The third kappa shape index (κ3) is 3.96. The summed E-state index contributed by atoms with van der Waals surface area (Å²) in [5.41, 5.74) is 2.22. The first-order valence-corrected chi connectivity index (χ1v) is 12.6. The Bertz CT molecular complexity index is 1330. The SMILES string of the molecule is C[C@H]1C=C(c2cc(S(=O)(=O)NC3(C)CC3)cn3c(-c4nnc(C(F)F)s4)cnc23)CCN1. The Kier molecular flexibility index (Phi) is 5.15. The fourth-order valence-corrected chi connectivity index (χ4v) is 6.00. The maximum atomic E-state index is 13.2. The maximum absolute atomic E-state index is 13.2. The van der Waals surface area contributed by atoms with Gasteiger partial charge in [-0.05, 0) is 51.3 Å². The molecule has 2 aliphatic rings. The van der Waals surface area contributed by atoms with Gasteiger partial charge in [-0.25, -0.2) is 26.9 Å². The van der Waals surface area contributed by atoms with Crippen LogP contribution >= 0.6 is 11.3 Å². The average molecular weight is 481 g/mol. The molecule has 1 fully saturated rings. The van der Waals surface area contributed by atoms with Gasteiger partial charge in [0.05, 0.1) is 11.1 Å². The van der Waals surface area contributed by atoms with E-state index in [-0.39, 0.29) is 15.9 Å². The summed E-state index contributed by atoms with van der Waals surface area (Å²) in [7, 11) is -3.80. The van der Waals surface area contributed by atoms with Crippen molar-refractivity contribution < 1.29 is 17.2 Å². The van der Waals surface area contributed by atoms with Gasteiger partial charge in [-0.2, -0.15) is 0 Å². The first-order valence-electron chi connectivity index (χ1n) is 10.3. The Balaban J connectivity index is 1.70. The molecule has 0 radical (unpaired) electrons. The number of alkyl halides is 2. The summed E-state index contributed by atoms with van der Waals surface area (Å²) in [5.74, 6) is 0. The molecule has 0 amide bonds. The molecule has 2 N–H and O–H groups in total. The van der Waals surface area contributed by atoms with E-state index >= 15 is 0 Å². The average Bonchev–Trinajstić information content (AvgIpc) is 3.14. The highest BCUT2D eigenvalue weighted by atomic mass is 32.2. The number of hydrogen-bond acceptors (Lipinski definition) is 7. The Morgan fingerprint density at radius 3 is 2.78 bits per heavy atom. The second-order valence-corrected chi connectivity index (χ2v) is 11.2. The van der Waals surface area contributed by atoms with Crippen LogP contribution in [-0.4, -0.2) is 46.1 Å². The van der Waals surface area contributed by atoms with Gasteiger partial charge < -0.3 is 5.32 Å². The number of aromatic nitrogens is 4. The molecule has 170 valence electrons. The Hall–Kier alpha value is -2.28. The summed E-state index contributed by atoms with van der Waals surface area (Å²) in [6.07, 6.45) is 4.61. The van der Waals surface area contributed by atoms with Gasteiger partial charge in [0.2, 0.25) is 10.0 Å². The second kappa shape index (κ2) is 7.65. The summed E-state index contributed by atoms with van der Waals surface area (Å²) in [6, 6.07) is 1.78. The normalized spacial score (nSPS) is 20.7. The van der Waals surface area contributed by atoms with Crippen LogP contribution in [0.25, 0.3) is 21.9 Å². The number of sulfonamides is 1. The van der Waals surface area contributed by atoms with Crippen LogP contribution in [-0.2, 0) is 10.0 Å². The number of rotatable bonds is 6. The largest absolute Gasteiger partial charge is 0.310 e. The van der Waals surface area contributed by atoms with E-state index in [0.29, 0.717) is 23.3 Å². The van der Waals surface area contributed by atoms with E-state index in [1.165, 1.54) is 12.4 Å². The molecule has 1 aliphatic heterocycles. The molecular formula is C20H22F2N6O2S2. The highest BCUT2D eigenvalue weighted by Gasteiger charge is 2.41. The number of imidazole rings is 1. The van der Waals surface area contributed by atoms with Gasteiger partial charge in [-0.15, -0.1) is 10.2 Å². The lowest BCUT2D eigenvalue weighted by atomic mass is 9.98. The van der Waals surface area contributed by atoms with Crippen molar-refractivity contribution >= 4 is 32.6 Å². The van der Waals surface area contributed by atoms with Crippen LogP contribution < -0.4 is 10.0 Å². The third-order valence-electron chi connectivity index (χ3n) is 5.78. The number of pyridine rings is 1. The molecule has 8 nitrogen and oxygen atoms in total. The number of hydrogen-bond donors (Lipinski definition) is 2. The van der Waals surface area contributed by atoms with Crippen molar-refractivity contribution in [1.29, 1.82) is 0 Å². The van der Waals surface area contributed by atoms with Gasteiger partial charge in [-0.1, -0.05) is 17.4 Å². The molecule has 0 saturated heterocycles. The molecule has 1 saturated carbocycles. The molecule has 0 aromatic carbocycles. The lowest BCUT2D eigenvalue weighted by Crippen LogP contribution is -2.34. The van der Waals surface area contributed by atoms with Crippen molar-refractivity contribution in [1.82, 2.24) is 29.6 Å². The van der Waals surface area contributed by atoms with Gasteiger partial charge in [0.15, 0.2) is 10.0 Å². The lowest BCUT2D eigenvalue weighted by molar-refractivity contribution is 0.150. The lowest BCUT2D eigenvalue weighted by Gasteiger charge is -2.21. The summed E-state index contributed by atoms with van der Waals surface area (Å²) in [5, 5.41) is 10.6. The number of nitrogens with zero attached hydrogens (tertiary/aromatic N) is 4. The summed E-state index contributed by atoms with van der Waals surface area (Å²) < 4.78 is 56.9. The number of nitrogens with one attached hydrogen (secondary N) is 2. The van der Waals surface area contributed by atoms with E-state index in [1.807, 2.05) is 13.8 Å². The second-order valence-electron chi connectivity index (χ2n) is 8.52. The van der Waals surface area contributed by atoms with Crippen LogP contribution in [0.5, 0.6) is 0 Å². The monoisotopic (exact) mass is 480 g/mol. The smallest absolute Gasteiger partial charge is 0.291 e. The minimum absolute atomic E-state index is 0.0954. The fourth-order valence-electron chi connectivity index (χ4n) is 3.81. The standard InChI is InChI=1S/C20H22F2N6O2S2/c1-11-7-12(3-6-23-11)14-8-13(32(29,30)27-20(2)4-5-20)10-28-15(9-24-17(14)28)18-25-26-19(31-18)16(21)22/h7-11,16,23,27H,3-6H2,1-2H3/t11-/m0/s1. The zero-order chi connectivity index (χ0) is 22.7. The van der Waals surface area contributed by atoms with E-state index in [1.54, 1.807) is 10.5 Å². The molecule has 1 atom stereocenters. The number of halogens is 2. The van der Waals surface area contributed by atoms with E-state index in [2.05, 4.69) is 31.3 Å². The van der Waals surface area contributed by atoms with E-state index in [4.69, 9.17) is 0 Å². The van der Waals surface area contributed by atoms with E-state index in [0.717, 1.165) is 36.3 Å². The Morgan fingerprint density at radius 2 is 2.12 bits per heavy atom. The summed E-state index contributed by atoms with van der Waals surface area (Å²) in [6.45, 7) is 4.65. The van der Waals surface area contributed by atoms with E-state index in [9.17, 15) is 17.2 Å². The first-order chi connectivity index (χ1) is 15.2. The Morgan fingerprint density at radius 1 is 1.34 bits per heavy atom. The van der Waals surface area contributed by atoms with Crippen LogP contribution in [0.4, 0.5) is 8.78 Å². The molecule has 12 heteroatoms. The molecule has 3 aromatic rings. The zero-order valence-electron chi connectivity index (χ0n) is 17.5. The number of fused-ring (bicyclic) bond motifs is 1. The minimum Gasteiger partial charge on any atom is -0.310 e. The predicted molar refractivity (Wildman–Crippen MR) is 117 cm³/mol. The van der Waals surface area contributed by atoms with Crippen molar-refractivity contribution in [3.8, 4) is 10.7 Å². The molecule has 32 heavy (non-hydrogen) atoms. The summed E-state index contributed by atoms with van der Waals surface area (Å²) >= 11 is 0.766. The van der Waals surface area contributed by atoms with Crippen LogP contribution in [0.2, 0.25) is 0 Å². The molecular weight excluding hydrogens is 458 g/mol. The van der Waals surface area contributed by atoms with Crippen LogP contribution in [0.3, 0.4) is 0 Å². The minimum atomic E-state index is -3.80. The van der Waals surface area contributed by atoms with Gasteiger partial charge in [0.1, 0.15) is 11.3 Å². The molecule has 0 spiro atoms. The van der Waals surface area contributed by atoms with Gasteiger partial charge in [0, 0.05) is 23.3 Å². The molecule has 3 aromatic heterocycles. The van der Waals surface area contributed by atoms with Crippen molar-refractivity contribution in [3.05, 3.63) is 35.1 Å². The quantitative estimate of drug-likeness (QED) is 0.561. The molecule has 0 unspecified atom stereocenters. The van der Waals surface area contributed by atoms with Crippen molar-refractivity contribution in [3.63, 3.8) is 0 Å². The topological polar surface area (TPSA) is 101 Å². The van der Waals surface area contributed by atoms with Crippen molar-refractivity contribution in [2.75, 3.05) is 6.54 Å². The van der Waals surface area contributed by atoms with Gasteiger partial charge in [0.25, 0.3) is 6.43 Å².